The Morgan fingerprint density at radius 2 is 2.04 bits per heavy atom. The van der Waals surface area contributed by atoms with Gasteiger partial charge in [0.25, 0.3) is 5.95 Å². The number of hydrogen-bond donors (Lipinski definition) is 2. The number of aliphatic hydroxyl groups excluding tert-OH is 2. The summed E-state index contributed by atoms with van der Waals surface area (Å²) in [6, 6.07) is 6.14. The highest BCUT2D eigenvalue weighted by molar-refractivity contribution is 5.80. The molecule has 7 heteroatoms. The number of benzene rings is 1. The van der Waals surface area contributed by atoms with Crippen LogP contribution >= 0.6 is 0 Å². The summed E-state index contributed by atoms with van der Waals surface area (Å²) >= 11 is 0. The number of hydrogen-bond acceptors (Lipinski definition) is 7. The third-order valence-corrected chi connectivity index (χ3v) is 4.26. The molecule has 1 aromatic carbocycles. The summed E-state index contributed by atoms with van der Waals surface area (Å²) in [5.41, 5.74) is -0.135. The summed E-state index contributed by atoms with van der Waals surface area (Å²) in [6.07, 6.45) is 0.742. The smallest absolute Gasteiger partial charge is 0.336 e. The molecule has 2 heterocycles. The molecule has 3 unspecified atom stereocenters. The molecule has 25 heavy (non-hydrogen) atoms. The van der Waals surface area contributed by atoms with Crippen LogP contribution in [0.4, 0.5) is 0 Å². The van der Waals surface area contributed by atoms with Crippen molar-refractivity contribution in [1.29, 1.82) is 0 Å². The first-order chi connectivity index (χ1) is 12.0. The van der Waals surface area contributed by atoms with Crippen LogP contribution in [0.1, 0.15) is 13.3 Å². The SMILES string of the molecule is CCC1C(O)C=C(Oc2cc3oc(=O)ccc3cc2OC)OC1CO. The van der Waals surface area contributed by atoms with Crippen LogP contribution in [0, 0.1) is 5.92 Å². The molecule has 1 aliphatic heterocycles. The van der Waals surface area contributed by atoms with Gasteiger partial charge in [-0.1, -0.05) is 6.92 Å². The molecule has 2 aromatic rings. The van der Waals surface area contributed by atoms with Crippen molar-refractivity contribution in [2.24, 2.45) is 5.92 Å². The zero-order valence-corrected chi connectivity index (χ0v) is 14.0. The maximum absolute atomic E-state index is 11.4. The van der Waals surface area contributed by atoms with Gasteiger partial charge in [0, 0.05) is 29.5 Å². The average Bonchev–Trinajstić information content (AvgIpc) is 2.60. The molecule has 0 amide bonds. The fourth-order valence-corrected chi connectivity index (χ4v) is 2.92. The molecule has 134 valence electrons. The van der Waals surface area contributed by atoms with E-state index in [1.165, 1.54) is 25.3 Å². The zero-order valence-electron chi connectivity index (χ0n) is 14.0. The average molecular weight is 348 g/mol. The zero-order chi connectivity index (χ0) is 18.0. The van der Waals surface area contributed by atoms with Crippen molar-refractivity contribution >= 4 is 11.0 Å². The number of aliphatic hydroxyl groups is 2. The van der Waals surface area contributed by atoms with Crippen molar-refractivity contribution in [2.45, 2.75) is 25.6 Å². The van der Waals surface area contributed by atoms with Gasteiger partial charge in [0.2, 0.25) is 0 Å². The predicted octanol–water partition coefficient (Wildman–Crippen LogP) is 1.80. The van der Waals surface area contributed by atoms with Crippen LogP contribution in [0.25, 0.3) is 11.0 Å². The Labute approximate surface area is 144 Å². The topological polar surface area (TPSA) is 98.4 Å². The monoisotopic (exact) mass is 348 g/mol. The van der Waals surface area contributed by atoms with Gasteiger partial charge in [-0.25, -0.2) is 4.79 Å². The van der Waals surface area contributed by atoms with Gasteiger partial charge in [-0.2, -0.15) is 0 Å². The van der Waals surface area contributed by atoms with Crippen LogP contribution in [0.5, 0.6) is 11.5 Å². The van der Waals surface area contributed by atoms with Gasteiger partial charge >= 0.3 is 5.63 Å². The van der Waals surface area contributed by atoms with E-state index < -0.39 is 17.8 Å². The summed E-state index contributed by atoms with van der Waals surface area (Å²) < 4.78 is 21.8. The fourth-order valence-electron chi connectivity index (χ4n) is 2.92. The van der Waals surface area contributed by atoms with E-state index in [4.69, 9.17) is 18.6 Å². The lowest BCUT2D eigenvalue weighted by atomic mass is 9.92. The van der Waals surface area contributed by atoms with Gasteiger partial charge in [-0.05, 0) is 18.6 Å². The number of ether oxygens (including phenoxy) is 3. The molecule has 7 nitrogen and oxygen atoms in total. The summed E-state index contributed by atoms with van der Waals surface area (Å²) in [4.78, 5) is 11.4. The van der Waals surface area contributed by atoms with Crippen molar-refractivity contribution in [2.75, 3.05) is 13.7 Å². The van der Waals surface area contributed by atoms with Crippen molar-refractivity contribution in [3.8, 4) is 11.5 Å². The highest BCUT2D eigenvalue weighted by Crippen LogP contribution is 2.35. The minimum absolute atomic E-state index is 0.0622. The highest BCUT2D eigenvalue weighted by Gasteiger charge is 2.33. The van der Waals surface area contributed by atoms with E-state index in [9.17, 15) is 15.0 Å². The van der Waals surface area contributed by atoms with Crippen LogP contribution in [0.2, 0.25) is 0 Å². The third kappa shape index (κ3) is 3.47. The molecule has 1 aromatic heterocycles. The molecule has 1 aliphatic rings. The van der Waals surface area contributed by atoms with Crippen LogP contribution in [-0.4, -0.2) is 36.1 Å². The van der Waals surface area contributed by atoms with Crippen molar-refractivity contribution in [3.05, 3.63) is 46.7 Å². The normalized spacial score (nSPS) is 23.0. The second-order valence-electron chi connectivity index (χ2n) is 5.78. The van der Waals surface area contributed by atoms with Crippen molar-refractivity contribution in [3.63, 3.8) is 0 Å². The van der Waals surface area contributed by atoms with Crippen LogP contribution in [-0.2, 0) is 4.74 Å². The fraction of sp³-hybridized carbons (Fsp3) is 0.389. The summed E-state index contributed by atoms with van der Waals surface area (Å²) in [5.74, 6) is 0.536. The minimum atomic E-state index is -0.796. The molecule has 2 N–H and O–H groups in total. The molecular weight excluding hydrogens is 328 g/mol. The van der Waals surface area contributed by atoms with Gasteiger partial charge in [-0.3, -0.25) is 0 Å². The second kappa shape index (κ2) is 7.16. The first-order valence-corrected chi connectivity index (χ1v) is 8.02. The molecule has 0 bridgehead atoms. The van der Waals surface area contributed by atoms with Gasteiger partial charge in [0.15, 0.2) is 11.5 Å². The van der Waals surface area contributed by atoms with E-state index in [0.29, 0.717) is 23.1 Å². The van der Waals surface area contributed by atoms with Crippen LogP contribution in [0.15, 0.2) is 45.5 Å². The molecule has 0 aliphatic carbocycles. The first kappa shape index (κ1) is 17.3. The number of fused-ring (bicyclic) bond motifs is 1. The van der Waals surface area contributed by atoms with Crippen LogP contribution < -0.4 is 15.1 Å². The number of rotatable bonds is 5. The van der Waals surface area contributed by atoms with Gasteiger partial charge in [0.05, 0.1) is 19.8 Å². The predicted molar refractivity (Wildman–Crippen MR) is 89.5 cm³/mol. The Balaban J connectivity index is 1.95. The van der Waals surface area contributed by atoms with Gasteiger partial charge in [-0.15, -0.1) is 0 Å². The lowest BCUT2D eigenvalue weighted by molar-refractivity contribution is -0.0737. The molecule has 0 radical (unpaired) electrons. The van der Waals surface area contributed by atoms with E-state index in [2.05, 4.69) is 0 Å². The van der Waals surface area contributed by atoms with E-state index in [0.717, 1.165) is 0 Å². The molecule has 3 atom stereocenters. The van der Waals surface area contributed by atoms with Crippen molar-refractivity contribution in [1.82, 2.24) is 0 Å². The molecule has 0 saturated carbocycles. The Morgan fingerprint density at radius 3 is 2.72 bits per heavy atom. The lowest BCUT2D eigenvalue weighted by Gasteiger charge is -2.33. The molecular formula is C18H20O7. The van der Waals surface area contributed by atoms with Gasteiger partial charge < -0.3 is 28.8 Å². The van der Waals surface area contributed by atoms with Crippen LogP contribution in [0.3, 0.4) is 0 Å². The Kier molecular flexibility index (Phi) is 4.96. The molecule has 0 spiro atoms. The first-order valence-electron chi connectivity index (χ1n) is 8.02. The quantitative estimate of drug-likeness (QED) is 0.795. The summed E-state index contributed by atoms with van der Waals surface area (Å²) in [6.45, 7) is 1.67. The van der Waals surface area contributed by atoms with Crippen molar-refractivity contribution < 1.29 is 28.8 Å². The molecule has 3 rings (SSSR count). The summed E-state index contributed by atoms with van der Waals surface area (Å²) in [5, 5.41) is 20.4. The van der Waals surface area contributed by atoms with Gasteiger partial charge in [0.1, 0.15) is 11.7 Å². The summed E-state index contributed by atoms with van der Waals surface area (Å²) in [7, 11) is 1.49. The largest absolute Gasteiger partial charge is 0.493 e. The van der Waals surface area contributed by atoms with E-state index in [-0.39, 0.29) is 24.2 Å². The maximum atomic E-state index is 11.4. The minimum Gasteiger partial charge on any atom is -0.493 e. The Hall–Kier alpha value is -2.51. The Morgan fingerprint density at radius 1 is 1.24 bits per heavy atom. The van der Waals surface area contributed by atoms with E-state index in [1.807, 2.05) is 6.92 Å². The standard InChI is InChI=1S/C18H20O7/c1-3-11-12(20)7-18(25-16(11)9-19)24-15-8-13-10(6-14(15)22-2)4-5-17(21)23-13/h4-8,11-12,16,19-20H,3,9H2,1-2H3. The molecule has 0 saturated heterocycles. The lowest BCUT2D eigenvalue weighted by Crippen LogP contribution is -2.39. The number of methoxy groups -OCH3 is 1. The Bertz CT molecular complexity index is 839. The van der Waals surface area contributed by atoms with E-state index >= 15 is 0 Å². The van der Waals surface area contributed by atoms with E-state index in [1.54, 1.807) is 12.1 Å². The highest BCUT2D eigenvalue weighted by atomic mass is 16.7. The molecule has 0 fully saturated rings. The second-order valence-corrected chi connectivity index (χ2v) is 5.78. The maximum Gasteiger partial charge on any atom is 0.336 e. The third-order valence-electron chi connectivity index (χ3n) is 4.26.